The zero-order valence-electron chi connectivity index (χ0n) is 22.1. The van der Waals surface area contributed by atoms with Gasteiger partial charge in [-0.2, -0.15) is 33.7 Å². The van der Waals surface area contributed by atoms with Crippen molar-refractivity contribution in [3.8, 4) is 0 Å². The first-order chi connectivity index (χ1) is 15.2. The van der Waals surface area contributed by atoms with Gasteiger partial charge in [0.15, 0.2) is 0 Å². The topological polar surface area (TPSA) is 252 Å². The van der Waals surface area contributed by atoms with Crippen LogP contribution in [0.1, 0.15) is 67.1 Å². The van der Waals surface area contributed by atoms with Crippen LogP contribution in [0.5, 0.6) is 0 Å². The second-order valence-electron chi connectivity index (χ2n) is 7.87. The fourth-order valence-electron chi connectivity index (χ4n) is 3.12. The number of unbranched alkanes of at least 4 members (excludes halogenated alkanes) is 4. The van der Waals surface area contributed by atoms with Gasteiger partial charge in [0.1, 0.15) is 0 Å². The van der Waals surface area contributed by atoms with E-state index in [-0.39, 0.29) is 98.8 Å². The fraction of sp³-hybridized carbons (Fsp3) is 0.875. The van der Waals surface area contributed by atoms with Gasteiger partial charge in [0.05, 0.1) is 11.5 Å². The molecule has 1 saturated carbocycles. The minimum atomic E-state index is -4.65. The summed E-state index contributed by atoms with van der Waals surface area (Å²) in [6.07, 6.45) is 3.39. The molecule has 0 bridgehead atoms. The van der Waals surface area contributed by atoms with E-state index in [1.807, 2.05) is 0 Å². The molecule has 1 rings (SSSR count). The molecule has 0 radical (unpaired) electrons. The molecule has 1 fully saturated rings. The van der Waals surface area contributed by atoms with E-state index in [9.17, 15) is 43.3 Å². The van der Waals surface area contributed by atoms with Crippen molar-refractivity contribution in [3.05, 3.63) is 0 Å². The molecule has 0 spiro atoms. The van der Waals surface area contributed by atoms with E-state index in [1.54, 1.807) is 0 Å². The summed E-state index contributed by atoms with van der Waals surface area (Å²) in [6.45, 7) is 0. The predicted molar refractivity (Wildman–Crippen MR) is 121 cm³/mol. The standard InChI is InChI=1S/C8H14O7S2.C8H16O7S2.2Na.2H/c9-8(17(13,14)15)5-7-2-1-6(7)3-4-16(10,11)12;9-8(17(13,14)15)6-4-2-1-3-5-7-16(10,11)12;;;;/h6-7H,1-5H2,(H,10,11,12)(H,13,14,15);1-7H2,(H,10,11,12)(H,13,14,15);;;;/q;;2*+1;2*-1. The Hall–Kier alpha value is 0.980. The number of hydrogen-bond acceptors (Lipinski definition) is 10. The molecule has 20 heteroatoms. The van der Waals surface area contributed by atoms with E-state index < -0.39 is 56.5 Å². The Bertz CT molecular complexity index is 1130. The van der Waals surface area contributed by atoms with Gasteiger partial charge in [-0.1, -0.05) is 19.3 Å². The zero-order chi connectivity index (χ0) is 26.8. The van der Waals surface area contributed by atoms with Gasteiger partial charge in [0.2, 0.25) is 0 Å². The molecule has 0 saturated heterocycles. The van der Waals surface area contributed by atoms with E-state index in [0.29, 0.717) is 44.9 Å². The predicted octanol–water partition coefficient (Wildman–Crippen LogP) is -5.04. The quantitative estimate of drug-likeness (QED) is 0.0852. The van der Waals surface area contributed by atoms with Crippen molar-refractivity contribution in [2.75, 3.05) is 11.5 Å². The number of carbonyl (C=O) groups excluding carboxylic acids is 2. The molecule has 0 aromatic rings. The van der Waals surface area contributed by atoms with Crippen molar-refractivity contribution in [2.24, 2.45) is 11.8 Å². The Morgan fingerprint density at radius 3 is 1.42 bits per heavy atom. The summed E-state index contributed by atoms with van der Waals surface area (Å²) in [5, 5.41) is -2.44. The molecule has 1 aliphatic carbocycles. The van der Waals surface area contributed by atoms with Crippen molar-refractivity contribution in [1.29, 1.82) is 0 Å². The van der Waals surface area contributed by atoms with Crippen LogP contribution in [0.25, 0.3) is 0 Å². The third kappa shape index (κ3) is 21.9. The molecule has 14 nitrogen and oxygen atoms in total. The number of rotatable bonds is 13. The summed E-state index contributed by atoms with van der Waals surface area (Å²) >= 11 is 0. The zero-order valence-corrected chi connectivity index (χ0v) is 27.4. The molecule has 2 atom stereocenters. The second kappa shape index (κ2) is 18.4. The molecule has 0 aliphatic heterocycles. The summed E-state index contributed by atoms with van der Waals surface area (Å²) < 4.78 is 117. The maximum Gasteiger partial charge on any atom is 1.00 e. The normalized spacial score (nSPS) is 17.9. The average molecular weight is 623 g/mol. The first kappa shape index (κ1) is 41.5. The number of carbonyl (C=O) groups is 2. The van der Waals surface area contributed by atoms with Crippen molar-refractivity contribution in [1.82, 2.24) is 0 Å². The van der Waals surface area contributed by atoms with Crippen LogP contribution in [-0.2, 0) is 50.1 Å². The molecule has 0 heterocycles. The van der Waals surface area contributed by atoms with Crippen LogP contribution in [0.2, 0.25) is 0 Å². The van der Waals surface area contributed by atoms with Gasteiger partial charge < -0.3 is 2.85 Å². The third-order valence-corrected chi connectivity index (χ3v) is 8.19. The van der Waals surface area contributed by atoms with Gasteiger partial charge >= 0.3 is 79.4 Å². The van der Waals surface area contributed by atoms with Crippen LogP contribution in [0.3, 0.4) is 0 Å². The molecular formula is C16H32Na2O14S4. The monoisotopic (exact) mass is 622 g/mol. The van der Waals surface area contributed by atoms with Crippen molar-refractivity contribution in [2.45, 2.75) is 64.2 Å². The van der Waals surface area contributed by atoms with Gasteiger partial charge in [0, 0.05) is 12.8 Å². The van der Waals surface area contributed by atoms with E-state index >= 15 is 0 Å². The van der Waals surface area contributed by atoms with Crippen LogP contribution in [0.4, 0.5) is 0 Å². The van der Waals surface area contributed by atoms with E-state index in [0.717, 1.165) is 0 Å². The van der Waals surface area contributed by atoms with Gasteiger partial charge in [0.25, 0.3) is 30.5 Å². The molecule has 206 valence electrons. The molecule has 36 heavy (non-hydrogen) atoms. The fourth-order valence-corrected chi connectivity index (χ4v) is 5.12. The van der Waals surface area contributed by atoms with Gasteiger partial charge in [-0.05, 0) is 43.9 Å². The van der Waals surface area contributed by atoms with Crippen molar-refractivity contribution >= 4 is 50.7 Å². The van der Waals surface area contributed by atoms with Gasteiger partial charge in [-0.3, -0.25) is 27.8 Å². The molecule has 1 aliphatic rings. The molecule has 4 N–H and O–H groups in total. The Morgan fingerprint density at radius 1 is 0.611 bits per heavy atom. The van der Waals surface area contributed by atoms with Gasteiger partial charge in [-0.25, -0.2) is 0 Å². The number of hydrogen-bond donors (Lipinski definition) is 4. The van der Waals surface area contributed by atoms with Crippen LogP contribution >= 0.6 is 0 Å². The Morgan fingerprint density at radius 2 is 1.03 bits per heavy atom. The van der Waals surface area contributed by atoms with E-state index in [2.05, 4.69) is 0 Å². The Kier molecular flexibility index (Phi) is 21.1. The maximum absolute atomic E-state index is 11.0. The van der Waals surface area contributed by atoms with Crippen LogP contribution in [0.15, 0.2) is 0 Å². The van der Waals surface area contributed by atoms with Crippen LogP contribution in [0, 0.1) is 11.8 Å². The first-order valence-corrected chi connectivity index (χ1v) is 16.2. The Labute approximate surface area is 259 Å². The Balaban J connectivity index is -0.000000173. The largest absolute Gasteiger partial charge is 1.00 e. The van der Waals surface area contributed by atoms with E-state index in [4.69, 9.17) is 18.2 Å². The minimum absolute atomic E-state index is 0. The summed E-state index contributed by atoms with van der Waals surface area (Å²) in [5.74, 6) is -1.01. The summed E-state index contributed by atoms with van der Waals surface area (Å²) in [6, 6.07) is 0. The molecule has 0 aromatic carbocycles. The maximum atomic E-state index is 11.0. The molecule has 2 unspecified atom stereocenters. The first-order valence-electron chi connectivity index (χ1n) is 10.1. The van der Waals surface area contributed by atoms with Gasteiger partial charge in [-0.15, -0.1) is 0 Å². The smallest absolute Gasteiger partial charge is 1.00 e. The summed E-state index contributed by atoms with van der Waals surface area (Å²) in [5.41, 5.74) is 0. The van der Waals surface area contributed by atoms with Crippen molar-refractivity contribution in [3.63, 3.8) is 0 Å². The second-order valence-corrected chi connectivity index (χ2v) is 13.8. The molecule has 0 amide bonds. The van der Waals surface area contributed by atoms with Crippen LogP contribution in [-0.4, -0.2) is 73.6 Å². The average Bonchev–Trinajstić information content (AvgIpc) is 2.61. The molecule has 0 aromatic heterocycles. The minimum Gasteiger partial charge on any atom is -1.00 e. The summed E-state index contributed by atoms with van der Waals surface area (Å²) in [4.78, 5) is 21.7. The van der Waals surface area contributed by atoms with Crippen molar-refractivity contribution < 1.29 is 123 Å². The van der Waals surface area contributed by atoms with E-state index in [1.165, 1.54) is 0 Å². The third-order valence-electron chi connectivity index (χ3n) is 5.11. The summed E-state index contributed by atoms with van der Waals surface area (Å²) in [7, 11) is -17.2. The molecular weight excluding hydrogens is 590 g/mol. The van der Waals surface area contributed by atoms with Crippen LogP contribution < -0.4 is 59.1 Å². The SMILES string of the molecule is O=C(CC1CCC1CCS(=O)(=O)O)S(=O)(=O)O.O=C(CCCCCCCS(=O)(=O)O)S(=O)(=O)O.[H-].[H-].[Na+].[Na+].